The Kier molecular flexibility index (Phi) is 1.94. The van der Waals surface area contributed by atoms with Gasteiger partial charge in [0.15, 0.2) is 0 Å². The molecule has 1 rings (SSSR count). The number of carboxylic acid groups (broad SMARTS) is 1. The van der Waals surface area contributed by atoms with Crippen molar-refractivity contribution in [2.45, 2.75) is 19.8 Å². The molecule has 0 atom stereocenters. The van der Waals surface area contributed by atoms with Crippen LogP contribution in [0.2, 0.25) is 0 Å². The van der Waals surface area contributed by atoms with Crippen LogP contribution in [0.5, 0.6) is 0 Å². The average Bonchev–Trinajstić information content (AvgIpc) is 2.35. The first-order valence-electron chi connectivity index (χ1n) is 3.79. The Labute approximate surface area is 60.8 Å². The fourth-order valence-electron chi connectivity index (χ4n) is 1.57. The fourth-order valence-corrected chi connectivity index (χ4v) is 1.57. The molecule has 0 N–H and O–H groups in total. The van der Waals surface area contributed by atoms with E-state index in [0.717, 1.165) is 25.9 Å². The van der Waals surface area contributed by atoms with E-state index in [9.17, 15) is 9.90 Å². The van der Waals surface area contributed by atoms with E-state index in [4.69, 9.17) is 0 Å². The van der Waals surface area contributed by atoms with Crippen molar-refractivity contribution < 1.29 is 14.4 Å². The molecule has 10 heavy (non-hydrogen) atoms. The first kappa shape index (κ1) is 7.54. The molecule has 1 fully saturated rings. The van der Waals surface area contributed by atoms with Crippen LogP contribution in [0.3, 0.4) is 0 Å². The number of hydrogen-bond donors (Lipinski definition) is 0. The van der Waals surface area contributed by atoms with Crippen molar-refractivity contribution in [2.24, 2.45) is 0 Å². The van der Waals surface area contributed by atoms with Gasteiger partial charge in [-0.1, -0.05) is 0 Å². The van der Waals surface area contributed by atoms with Crippen LogP contribution in [0, 0.1) is 0 Å². The molecular formula is C7H13NO2. The molecule has 0 aromatic rings. The molecule has 1 amide bonds. The van der Waals surface area contributed by atoms with Gasteiger partial charge in [-0.3, -0.25) is 4.48 Å². The Bertz CT molecular complexity index is 139. The summed E-state index contributed by atoms with van der Waals surface area (Å²) in [4.78, 5) is 10.6. The summed E-state index contributed by atoms with van der Waals surface area (Å²) in [6.45, 7) is 4.10. The van der Waals surface area contributed by atoms with Gasteiger partial charge < -0.3 is 9.90 Å². The van der Waals surface area contributed by atoms with Crippen molar-refractivity contribution in [3.63, 3.8) is 0 Å². The van der Waals surface area contributed by atoms with Crippen molar-refractivity contribution >= 4 is 6.09 Å². The van der Waals surface area contributed by atoms with Gasteiger partial charge in [0.25, 0.3) is 6.09 Å². The molecule has 3 nitrogen and oxygen atoms in total. The zero-order chi connectivity index (χ0) is 7.61. The Hall–Kier alpha value is -0.570. The Morgan fingerprint density at radius 3 is 2.20 bits per heavy atom. The van der Waals surface area contributed by atoms with Crippen LogP contribution in [0.15, 0.2) is 0 Å². The van der Waals surface area contributed by atoms with E-state index in [2.05, 4.69) is 0 Å². The highest BCUT2D eigenvalue weighted by atomic mass is 16.4. The van der Waals surface area contributed by atoms with Crippen LogP contribution in [0.4, 0.5) is 4.79 Å². The number of nitrogens with zero attached hydrogens (tertiary/aromatic N) is 1. The van der Waals surface area contributed by atoms with Crippen molar-refractivity contribution in [1.82, 2.24) is 0 Å². The summed E-state index contributed by atoms with van der Waals surface area (Å²) in [5.41, 5.74) is 0. The summed E-state index contributed by atoms with van der Waals surface area (Å²) in [5, 5.41) is 10.6. The van der Waals surface area contributed by atoms with E-state index in [1.54, 1.807) is 0 Å². The summed E-state index contributed by atoms with van der Waals surface area (Å²) in [6.07, 6.45) is 1.16. The summed E-state index contributed by atoms with van der Waals surface area (Å²) >= 11 is 0. The molecule has 0 spiro atoms. The van der Waals surface area contributed by atoms with Crippen LogP contribution < -0.4 is 5.11 Å². The Morgan fingerprint density at radius 2 is 2.00 bits per heavy atom. The van der Waals surface area contributed by atoms with E-state index in [1.165, 1.54) is 0 Å². The third kappa shape index (κ3) is 1.01. The summed E-state index contributed by atoms with van der Waals surface area (Å²) in [7, 11) is 0. The normalized spacial score (nSPS) is 22.9. The standard InChI is InChI=1S/C7H13NO2/c1-2-8(7(9)10)5-3-4-6-8/h2-6H2,1H3. The highest BCUT2D eigenvalue weighted by Crippen LogP contribution is 2.17. The molecule has 1 saturated heterocycles. The average molecular weight is 143 g/mol. The minimum Gasteiger partial charge on any atom is -0.498 e. The number of amides is 1. The first-order chi connectivity index (χ1) is 4.71. The van der Waals surface area contributed by atoms with E-state index < -0.39 is 6.09 Å². The van der Waals surface area contributed by atoms with Gasteiger partial charge >= 0.3 is 0 Å². The second kappa shape index (κ2) is 2.58. The molecule has 1 aliphatic heterocycles. The number of carbonyl (C=O) groups is 1. The van der Waals surface area contributed by atoms with E-state index in [0.29, 0.717) is 6.54 Å². The lowest BCUT2D eigenvalue weighted by atomic mass is 10.4. The number of quaternary nitrogens is 1. The first-order valence-corrected chi connectivity index (χ1v) is 3.79. The van der Waals surface area contributed by atoms with Crippen LogP contribution in [-0.4, -0.2) is 30.2 Å². The minimum atomic E-state index is -0.903. The second-order valence-corrected chi connectivity index (χ2v) is 2.88. The minimum absolute atomic E-state index is 0.181. The molecule has 0 aliphatic carbocycles. The van der Waals surface area contributed by atoms with E-state index >= 15 is 0 Å². The molecular weight excluding hydrogens is 130 g/mol. The van der Waals surface area contributed by atoms with Crippen molar-refractivity contribution in [2.75, 3.05) is 19.6 Å². The maximum Gasteiger partial charge on any atom is 0.257 e. The maximum atomic E-state index is 10.6. The van der Waals surface area contributed by atoms with E-state index in [-0.39, 0.29) is 4.48 Å². The molecule has 3 heteroatoms. The lowest BCUT2D eigenvalue weighted by Gasteiger charge is -2.31. The quantitative estimate of drug-likeness (QED) is 0.483. The number of carbonyl (C=O) groups excluding carboxylic acids is 1. The highest BCUT2D eigenvalue weighted by Gasteiger charge is 2.31. The smallest absolute Gasteiger partial charge is 0.257 e. The molecule has 0 bridgehead atoms. The number of hydrogen-bond acceptors (Lipinski definition) is 2. The molecule has 0 aromatic carbocycles. The zero-order valence-electron chi connectivity index (χ0n) is 6.30. The van der Waals surface area contributed by atoms with Crippen molar-refractivity contribution in [3.8, 4) is 0 Å². The molecule has 0 radical (unpaired) electrons. The van der Waals surface area contributed by atoms with Crippen LogP contribution in [0.1, 0.15) is 19.8 Å². The van der Waals surface area contributed by atoms with Gasteiger partial charge in [-0.05, 0) is 6.92 Å². The molecule has 1 heterocycles. The molecule has 1 aliphatic rings. The predicted octanol–water partition coefficient (Wildman–Crippen LogP) is -0.0398. The largest absolute Gasteiger partial charge is 0.498 e. The zero-order valence-corrected chi connectivity index (χ0v) is 6.30. The third-order valence-corrected chi connectivity index (χ3v) is 2.41. The SMILES string of the molecule is CC[N+]1(C(=O)[O-])CCCC1. The van der Waals surface area contributed by atoms with Gasteiger partial charge in [0.05, 0.1) is 19.6 Å². The lowest BCUT2D eigenvalue weighted by molar-refractivity contribution is -0.862. The van der Waals surface area contributed by atoms with Gasteiger partial charge in [0, 0.05) is 12.8 Å². The number of rotatable bonds is 1. The van der Waals surface area contributed by atoms with Crippen molar-refractivity contribution in [1.29, 1.82) is 0 Å². The molecule has 0 unspecified atom stereocenters. The monoisotopic (exact) mass is 143 g/mol. The summed E-state index contributed by atoms with van der Waals surface area (Å²) < 4.78 is 0.181. The topological polar surface area (TPSA) is 40.1 Å². The van der Waals surface area contributed by atoms with Gasteiger partial charge in [-0.25, -0.2) is 0 Å². The van der Waals surface area contributed by atoms with Crippen LogP contribution in [-0.2, 0) is 0 Å². The van der Waals surface area contributed by atoms with Crippen molar-refractivity contribution in [3.05, 3.63) is 0 Å². The maximum absolute atomic E-state index is 10.6. The van der Waals surface area contributed by atoms with Gasteiger partial charge in [0.1, 0.15) is 0 Å². The van der Waals surface area contributed by atoms with Gasteiger partial charge in [-0.2, -0.15) is 0 Å². The predicted molar refractivity (Wildman–Crippen MR) is 35.2 cm³/mol. The molecule has 0 aromatic heterocycles. The Morgan fingerprint density at radius 1 is 1.50 bits per heavy atom. The fraction of sp³-hybridized carbons (Fsp3) is 0.857. The van der Waals surface area contributed by atoms with Gasteiger partial charge in [-0.15, -0.1) is 0 Å². The number of likely N-dealkylation sites (tertiary alicyclic amines) is 1. The molecule has 58 valence electrons. The third-order valence-electron chi connectivity index (χ3n) is 2.41. The summed E-state index contributed by atoms with van der Waals surface area (Å²) in [6, 6.07) is 0. The van der Waals surface area contributed by atoms with Crippen LogP contribution in [0.25, 0.3) is 0 Å². The van der Waals surface area contributed by atoms with E-state index in [1.807, 2.05) is 6.92 Å². The second-order valence-electron chi connectivity index (χ2n) is 2.88. The lowest BCUT2D eigenvalue weighted by Crippen LogP contribution is -2.56. The van der Waals surface area contributed by atoms with Gasteiger partial charge in [0.2, 0.25) is 0 Å². The Balaban J connectivity index is 2.67. The highest BCUT2D eigenvalue weighted by molar-refractivity contribution is 5.54. The summed E-state index contributed by atoms with van der Waals surface area (Å²) in [5.74, 6) is 0. The molecule has 0 saturated carbocycles. The van der Waals surface area contributed by atoms with Crippen LogP contribution >= 0.6 is 0 Å².